The second-order valence-electron chi connectivity index (χ2n) is 5.26. The minimum atomic E-state index is 0.593. The van der Waals surface area contributed by atoms with Crippen LogP contribution in [-0.4, -0.2) is 43.2 Å². The van der Waals surface area contributed by atoms with Crippen LogP contribution in [0.1, 0.15) is 19.4 Å². The van der Waals surface area contributed by atoms with Crippen LogP contribution in [0.3, 0.4) is 0 Å². The van der Waals surface area contributed by atoms with Crippen LogP contribution in [0.5, 0.6) is 5.75 Å². The maximum atomic E-state index is 5.80. The van der Waals surface area contributed by atoms with Gasteiger partial charge in [0, 0.05) is 31.7 Å². The third-order valence-electron chi connectivity index (χ3n) is 3.65. The predicted molar refractivity (Wildman–Crippen MR) is 75.2 cm³/mol. The van der Waals surface area contributed by atoms with E-state index in [-0.39, 0.29) is 0 Å². The highest BCUT2D eigenvalue weighted by Gasteiger charge is 2.23. The molecule has 2 rings (SSSR count). The van der Waals surface area contributed by atoms with Crippen LogP contribution in [0, 0.1) is 6.92 Å². The molecule has 1 saturated heterocycles. The van der Waals surface area contributed by atoms with Gasteiger partial charge in [-0.3, -0.25) is 4.90 Å². The third-order valence-corrected chi connectivity index (χ3v) is 3.65. The molecule has 18 heavy (non-hydrogen) atoms. The predicted octanol–water partition coefficient (Wildman–Crippen LogP) is 2.06. The number of aryl methyl sites for hydroxylation is 1. The molecule has 1 heterocycles. The summed E-state index contributed by atoms with van der Waals surface area (Å²) in [4.78, 5) is 2.52. The number of hydrogen-bond donors (Lipinski definition) is 1. The molecule has 2 unspecified atom stereocenters. The monoisotopic (exact) mass is 248 g/mol. The summed E-state index contributed by atoms with van der Waals surface area (Å²) in [5.74, 6) is 0.969. The standard InChI is InChI=1S/C15H24N2O/c1-12-4-6-15(7-5-12)18-9-8-17-13(2)10-16-11-14(17)3/h4-7,13-14,16H,8-11H2,1-3H3. The van der Waals surface area contributed by atoms with Gasteiger partial charge in [-0.1, -0.05) is 17.7 Å². The summed E-state index contributed by atoms with van der Waals surface area (Å²) in [6, 6.07) is 9.45. The molecule has 0 saturated carbocycles. The van der Waals surface area contributed by atoms with E-state index in [0.29, 0.717) is 12.1 Å². The molecule has 2 atom stereocenters. The van der Waals surface area contributed by atoms with Crippen molar-refractivity contribution in [3.8, 4) is 5.75 Å². The van der Waals surface area contributed by atoms with Gasteiger partial charge in [-0.25, -0.2) is 0 Å². The van der Waals surface area contributed by atoms with Crippen LogP contribution in [0.15, 0.2) is 24.3 Å². The van der Waals surface area contributed by atoms with Crippen molar-refractivity contribution < 1.29 is 4.74 Å². The fourth-order valence-electron chi connectivity index (χ4n) is 2.51. The molecule has 1 N–H and O–H groups in total. The molecule has 1 fully saturated rings. The van der Waals surface area contributed by atoms with Gasteiger partial charge in [-0.2, -0.15) is 0 Å². The van der Waals surface area contributed by atoms with E-state index in [1.165, 1.54) is 5.56 Å². The van der Waals surface area contributed by atoms with Crippen molar-refractivity contribution in [1.29, 1.82) is 0 Å². The van der Waals surface area contributed by atoms with Gasteiger partial charge in [0.1, 0.15) is 12.4 Å². The van der Waals surface area contributed by atoms with Gasteiger partial charge in [0.2, 0.25) is 0 Å². The number of rotatable bonds is 4. The summed E-state index contributed by atoms with van der Waals surface area (Å²) >= 11 is 0. The highest BCUT2D eigenvalue weighted by molar-refractivity contribution is 5.26. The van der Waals surface area contributed by atoms with Gasteiger partial charge in [-0.05, 0) is 32.9 Å². The van der Waals surface area contributed by atoms with Crippen molar-refractivity contribution >= 4 is 0 Å². The normalized spacial score (nSPS) is 25.1. The van der Waals surface area contributed by atoms with Crippen molar-refractivity contribution in [3.05, 3.63) is 29.8 Å². The molecule has 1 aliphatic heterocycles. The fraction of sp³-hybridized carbons (Fsp3) is 0.600. The first-order valence-corrected chi connectivity index (χ1v) is 6.83. The Bertz CT molecular complexity index is 353. The van der Waals surface area contributed by atoms with Crippen molar-refractivity contribution in [2.24, 2.45) is 0 Å². The Morgan fingerprint density at radius 3 is 2.39 bits per heavy atom. The van der Waals surface area contributed by atoms with Gasteiger partial charge < -0.3 is 10.1 Å². The lowest BCUT2D eigenvalue weighted by Gasteiger charge is -2.39. The van der Waals surface area contributed by atoms with E-state index in [1.807, 2.05) is 12.1 Å². The van der Waals surface area contributed by atoms with Crippen LogP contribution in [0.4, 0.5) is 0 Å². The zero-order valence-electron chi connectivity index (χ0n) is 11.6. The average molecular weight is 248 g/mol. The Morgan fingerprint density at radius 2 is 1.78 bits per heavy atom. The third kappa shape index (κ3) is 3.47. The van der Waals surface area contributed by atoms with Crippen LogP contribution in [0.25, 0.3) is 0 Å². The Morgan fingerprint density at radius 1 is 1.17 bits per heavy atom. The molecule has 0 spiro atoms. The summed E-state index contributed by atoms with van der Waals surface area (Å²) in [7, 11) is 0. The van der Waals surface area contributed by atoms with Crippen LogP contribution in [-0.2, 0) is 0 Å². The number of nitrogens with one attached hydrogen (secondary N) is 1. The Hall–Kier alpha value is -1.06. The summed E-state index contributed by atoms with van der Waals surface area (Å²) in [6.07, 6.45) is 0. The molecule has 1 aromatic rings. The highest BCUT2D eigenvalue weighted by atomic mass is 16.5. The quantitative estimate of drug-likeness (QED) is 0.882. The van der Waals surface area contributed by atoms with E-state index in [2.05, 4.69) is 43.1 Å². The zero-order valence-corrected chi connectivity index (χ0v) is 11.6. The average Bonchev–Trinajstić information content (AvgIpc) is 2.35. The summed E-state index contributed by atoms with van der Waals surface area (Å²) in [5, 5.41) is 3.45. The smallest absolute Gasteiger partial charge is 0.119 e. The molecular weight excluding hydrogens is 224 g/mol. The minimum Gasteiger partial charge on any atom is -0.492 e. The second-order valence-corrected chi connectivity index (χ2v) is 5.26. The van der Waals surface area contributed by atoms with E-state index in [4.69, 9.17) is 4.74 Å². The first kappa shape index (κ1) is 13.4. The molecule has 3 nitrogen and oxygen atoms in total. The number of hydrogen-bond acceptors (Lipinski definition) is 3. The Kier molecular flexibility index (Phi) is 4.61. The molecule has 0 aliphatic carbocycles. The Labute approximate surface area is 110 Å². The van der Waals surface area contributed by atoms with Crippen LogP contribution < -0.4 is 10.1 Å². The summed E-state index contributed by atoms with van der Waals surface area (Å²) in [6.45, 7) is 10.6. The van der Waals surface area contributed by atoms with Crippen LogP contribution >= 0.6 is 0 Å². The molecule has 0 bridgehead atoms. The van der Waals surface area contributed by atoms with Crippen molar-refractivity contribution in [2.75, 3.05) is 26.2 Å². The molecular formula is C15H24N2O. The number of nitrogens with zero attached hydrogens (tertiary/aromatic N) is 1. The van der Waals surface area contributed by atoms with Gasteiger partial charge in [0.05, 0.1) is 0 Å². The van der Waals surface area contributed by atoms with E-state index < -0.39 is 0 Å². The van der Waals surface area contributed by atoms with Crippen LogP contribution in [0.2, 0.25) is 0 Å². The summed E-state index contributed by atoms with van der Waals surface area (Å²) in [5.41, 5.74) is 1.27. The fourth-order valence-corrected chi connectivity index (χ4v) is 2.51. The lowest BCUT2D eigenvalue weighted by Crippen LogP contribution is -2.55. The van der Waals surface area contributed by atoms with Gasteiger partial charge in [0.25, 0.3) is 0 Å². The highest BCUT2D eigenvalue weighted by Crippen LogP contribution is 2.13. The molecule has 100 valence electrons. The van der Waals surface area contributed by atoms with Gasteiger partial charge in [-0.15, -0.1) is 0 Å². The van der Waals surface area contributed by atoms with E-state index in [1.54, 1.807) is 0 Å². The molecule has 1 aliphatic rings. The molecule has 3 heteroatoms. The number of benzene rings is 1. The van der Waals surface area contributed by atoms with E-state index >= 15 is 0 Å². The van der Waals surface area contributed by atoms with Gasteiger partial charge in [0.15, 0.2) is 0 Å². The SMILES string of the molecule is Cc1ccc(OCCN2C(C)CNCC2C)cc1. The van der Waals surface area contributed by atoms with Crippen molar-refractivity contribution in [2.45, 2.75) is 32.9 Å². The maximum Gasteiger partial charge on any atom is 0.119 e. The first-order chi connectivity index (χ1) is 8.66. The minimum absolute atomic E-state index is 0.593. The molecule has 0 aromatic heterocycles. The lowest BCUT2D eigenvalue weighted by molar-refractivity contribution is 0.0966. The van der Waals surface area contributed by atoms with E-state index in [9.17, 15) is 0 Å². The number of piperazine rings is 1. The molecule has 0 radical (unpaired) electrons. The first-order valence-electron chi connectivity index (χ1n) is 6.83. The number of ether oxygens (including phenoxy) is 1. The largest absolute Gasteiger partial charge is 0.492 e. The van der Waals surface area contributed by atoms with Crippen molar-refractivity contribution in [3.63, 3.8) is 0 Å². The second kappa shape index (κ2) is 6.21. The Balaban J connectivity index is 1.79. The topological polar surface area (TPSA) is 24.5 Å². The van der Waals surface area contributed by atoms with Crippen molar-refractivity contribution in [1.82, 2.24) is 10.2 Å². The zero-order chi connectivity index (χ0) is 13.0. The molecule has 0 amide bonds. The maximum absolute atomic E-state index is 5.80. The molecule has 1 aromatic carbocycles. The summed E-state index contributed by atoms with van der Waals surface area (Å²) < 4.78 is 5.80. The van der Waals surface area contributed by atoms with Gasteiger partial charge >= 0.3 is 0 Å². The lowest BCUT2D eigenvalue weighted by atomic mass is 10.1. The van der Waals surface area contributed by atoms with E-state index in [0.717, 1.165) is 32.0 Å².